The molecule has 0 heterocycles. The van der Waals surface area contributed by atoms with Crippen LogP contribution >= 0.6 is 0 Å². The third-order valence-electron chi connectivity index (χ3n) is 7.24. The largest absolute Gasteiger partial charge is 0.492 e. The highest BCUT2D eigenvalue weighted by Gasteiger charge is 2.39. The number of carbonyl (C=O) groups is 2. The molecule has 5 nitrogen and oxygen atoms in total. The maximum absolute atomic E-state index is 13.9. The van der Waals surface area contributed by atoms with Gasteiger partial charge >= 0.3 is 5.97 Å². The summed E-state index contributed by atoms with van der Waals surface area (Å²) >= 11 is 0. The van der Waals surface area contributed by atoms with Crippen LogP contribution in [0, 0.1) is 11.7 Å². The predicted octanol–water partition coefficient (Wildman–Crippen LogP) is 6.34. The minimum Gasteiger partial charge on any atom is -0.492 e. The Labute approximate surface area is 213 Å². The zero-order valence-electron chi connectivity index (χ0n) is 20.8. The minimum absolute atomic E-state index is 0.0929. The first-order chi connectivity index (χ1) is 17.5. The average Bonchev–Trinajstić information content (AvgIpc) is 2.86. The van der Waals surface area contributed by atoms with Crippen LogP contribution < -0.4 is 10.1 Å². The summed E-state index contributed by atoms with van der Waals surface area (Å²) in [5.41, 5.74) is -0.116. The number of halogens is 3. The third-order valence-corrected chi connectivity index (χ3v) is 7.24. The first-order valence-electron chi connectivity index (χ1n) is 12.3. The fourth-order valence-electron chi connectivity index (χ4n) is 4.87. The van der Waals surface area contributed by atoms with Crippen molar-refractivity contribution in [3.63, 3.8) is 0 Å². The van der Waals surface area contributed by atoms with Crippen molar-refractivity contribution in [1.82, 2.24) is 5.32 Å². The number of aliphatic carboxylic acids is 1. The van der Waals surface area contributed by atoms with E-state index < -0.39 is 35.1 Å². The Morgan fingerprint density at radius 3 is 2.41 bits per heavy atom. The molecule has 1 aliphatic rings. The van der Waals surface area contributed by atoms with Crippen molar-refractivity contribution in [1.29, 1.82) is 0 Å². The Kier molecular flexibility index (Phi) is 7.48. The smallest absolute Gasteiger partial charge is 0.327 e. The maximum Gasteiger partial charge on any atom is 0.327 e. The monoisotopic (exact) mass is 513 g/mol. The highest BCUT2D eigenvalue weighted by Crippen LogP contribution is 2.38. The number of hydrogen-bond acceptors (Lipinski definition) is 3. The summed E-state index contributed by atoms with van der Waals surface area (Å²) in [7, 11) is 0. The number of nitrogens with one attached hydrogen (secondary N) is 1. The topological polar surface area (TPSA) is 75.6 Å². The molecule has 0 radical (unpaired) electrons. The lowest BCUT2D eigenvalue weighted by atomic mass is 9.77. The Morgan fingerprint density at radius 2 is 1.76 bits per heavy atom. The number of carbonyl (C=O) groups excluding carboxylic acids is 1. The summed E-state index contributed by atoms with van der Waals surface area (Å²) in [6, 6.07) is 14.8. The van der Waals surface area contributed by atoms with Gasteiger partial charge in [-0.05, 0) is 54.0 Å². The van der Waals surface area contributed by atoms with Crippen LogP contribution in [0.2, 0.25) is 0 Å². The van der Waals surface area contributed by atoms with E-state index in [1.54, 1.807) is 44.2 Å². The van der Waals surface area contributed by atoms with Gasteiger partial charge in [0.25, 0.3) is 5.91 Å². The van der Waals surface area contributed by atoms with E-state index in [-0.39, 0.29) is 36.7 Å². The molecule has 8 heteroatoms. The van der Waals surface area contributed by atoms with Crippen molar-refractivity contribution in [2.24, 2.45) is 5.92 Å². The van der Waals surface area contributed by atoms with Crippen molar-refractivity contribution in [3.05, 3.63) is 77.6 Å². The molecule has 37 heavy (non-hydrogen) atoms. The van der Waals surface area contributed by atoms with Crippen LogP contribution in [-0.4, -0.2) is 35.6 Å². The molecule has 0 bridgehead atoms. The van der Waals surface area contributed by atoms with Gasteiger partial charge in [-0.15, -0.1) is 0 Å². The third kappa shape index (κ3) is 5.89. The van der Waals surface area contributed by atoms with Gasteiger partial charge in [0.15, 0.2) is 0 Å². The molecule has 1 saturated carbocycles. The molecular weight excluding hydrogens is 483 g/mol. The van der Waals surface area contributed by atoms with Crippen molar-refractivity contribution >= 4 is 22.6 Å². The fourth-order valence-corrected chi connectivity index (χ4v) is 4.87. The van der Waals surface area contributed by atoms with E-state index in [9.17, 15) is 27.9 Å². The van der Waals surface area contributed by atoms with Gasteiger partial charge in [0.05, 0.1) is 12.2 Å². The minimum atomic E-state index is -2.67. The molecule has 1 fully saturated rings. The highest BCUT2D eigenvalue weighted by molar-refractivity contribution is 6.05. The summed E-state index contributed by atoms with van der Waals surface area (Å²) in [6.45, 7) is 3.59. The van der Waals surface area contributed by atoms with E-state index in [2.05, 4.69) is 5.32 Å². The van der Waals surface area contributed by atoms with Gasteiger partial charge in [-0.1, -0.05) is 50.2 Å². The highest BCUT2D eigenvalue weighted by atomic mass is 19.3. The molecule has 0 unspecified atom stereocenters. The number of benzene rings is 3. The second-order valence-electron chi connectivity index (χ2n) is 10.3. The van der Waals surface area contributed by atoms with Crippen LogP contribution in [0.1, 0.15) is 55.5 Å². The molecule has 1 atom stereocenters. The molecular formula is C29H30F3NO4. The van der Waals surface area contributed by atoms with E-state index in [1.807, 2.05) is 6.07 Å². The molecule has 0 spiro atoms. The Balaban J connectivity index is 1.64. The van der Waals surface area contributed by atoms with E-state index in [1.165, 1.54) is 24.3 Å². The number of alkyl halides is 2. The van der Waals surface area contributed by atoms with E-state index >= 15 is 0 Å². The van der Waals surface area contributed by atoms with Gasteiger partial charge < -0.3 is 15.2 Å². The summed E-state index contributed by atoms with van der Waals surface area (Å²) in [5.74, 6) is -4.93. The molecule has 2 N–H and O–H groups in total. The molecule has 196 valence electrons. The molecule has 0 aromatic heterocycles. The van der Waals surface area contributed by atoms with Crippen molar-refractivity contribution in [2.45, 2.75) is 56.9 Å². The number of carboxylic acid groups (broad SMARTS) is 1. The first-order valence-corrected chi connectivity index (χ1v) is 12.3. The van der Waals surface area contributed by atoms with Crippen molar-refractivity contribution < 1.29 is 32.6 Å². The van der Waals surface area contributed by atoms with Crippen LogP contribution in [0.4, 0.5) is 13.2 Å². The number of amides is 1. The van der Waals surface area contributed by atoms with E-state index in [4.69, 9.17) is 4.74 Å². The van der Waals surface area contributed by atoms with Gasteiger partial charge in [-0.2, -0.15) is 0 Å². The quantitative estimate of drug-likeness (QED) is 0.368. The molecule has 3 aromatic rings. The number of ether oxygens (including phenoxy) is 1. The van der Waals surface area contributed by atoms with Crippen LogP contribution in [0.5, 0.6) is 5.75 Å². The fraction of sp³-hybridized carbons (Fsp3) is 0.379. The maximum atomic E-state index is 13.9. The molecule has 1 aliphatic carbocycles. The summed E-state index contributed by atoms with van der Waals surface area (Å²) < 4.78 is 47.1. The Hall–Kier alpha value is -3.55. The average molecular weight is 514 g/mol. The Bertz CT molecular complexity index is 1280. The zero-order chi connectivity index (χ0) is 26.8. The van der Waals surface area contributed by atoms with Gasteiger partial charge in [0.2, 0.25) is 5.92 Å². The van der Waals surface area contributed by atoms with Gasteiger partial charge in [0, 0.05) is 23.6 Å². The lowest BCUT2D eigenvalue weighted by Gasteiger charge is -2.33. The van der Waals surface area contributed by atoms with E-state index in [0.717, 1.165) is 5.56 Å². The van der Waals surface area contributed by atoms with Crippen LogP contribution in [0.25, 0.3) is 10.8 Å². The molecule has 3 aromatic carbocycles. The SMILES string of the molecule is CC(C)(c1ccccc1)[C@H](NC(=O)c1ccc2cc(F)ccc2c1OCC1CCC(F)(F)CC1)C(=O)O. The van der Waals surface area contributed by atoms with Crippen LogP contribution in [0.15, 0.2) is 60.7 Å². The molecule has 0 aliphatic heterocycles. The predicted molar refractivity (Wildman–Crippen MR) is 135 cm³/mol. The second-order valence-corrected chi connectivity index (χ2v) is 10.3. The first kappa shape index (κ1) is 26.5. The number of hydrogen-bond donors (Lipinski definition) is 2. The standard InChI is InChI=1S/C29H30F3NO4/c1-28(2,20-6-4-3-5-7-20)25(27(35)36)33-26(34)23-10-8-19-16-21(30)9-11-22(19)24(23)37-17-18-12-14-29(31,32)15-13-18/h3-11,16,18,25H,12-15,17H2,1-2H3,(H,33,34)(H,35,36)/t25-/m1/s1. The lowest BCUT2D eigenvalue weighted by molar-refractivity contribution is -0.140. The second kappa shape index (κ2) is 10.4. The van der Waals surface area contributed by atoms with Crippen molar-refractivity contribution in [3.8, 4) is 5.75 Å². The van der Waals surface area contributed by atoms with E-state index in [0.29, 0.717) is 23.6 Å². The normalized spacial score (nSPS) is 16.8. The number of fused-ring (bicyclic) bond motifs is 1. The van der Waals surface area contributed by atoms with Gasteiger partial charge in [-0.3, -0.25) is 4.79 Å². The van der Waals surface area contributed by atoms with Crippen LogP contribution in [0.3, 0.4) is 0 Å². The zero-order valence-corrected chi connectivity index (χ0v) is 20.8. The molecule has 4 rings (SSSR count). The van der Waals surface area contributed by atoms with Crippen molar-refractivity contribution in [2.75, 3.05) is 6.61 Å². The Morgan fingerprint density at radius 1 is 1.08 bits per heavy atom. The van der Waals surface area contributed by atoms with Crippen LogP contribution in [-0.2, 0) is 10.2 Å². The van der Waals surface area contributed by atoms with Gasteiger partial charge in [0.1, 0.15) is 17.6 Å². The summed E-state index contributed by atoms with van der Waals surface area (Å²) in [5, 5.41) is 13.6. The van der Waals surface area contributed by atoms with Gasteiger partial charge in [-0.25, -0.2) is 18.0 Å². The molecule has 1 amide bonds. The lowest BCUT2D eigenvalue weighted by Crippen LogP contribution is -2.52. The molecule has 0 saturated heterocycles. The number of carboxylic acids is 1. The summed E-state index contributed by atoms with van der Waals surface area (Å²) in [6.07, 6.45) is 0.147. The number of rotatable bonds is 8. The summed E-state index contributed by atoms with van der Waals surface area (Å²) in [4.78, 5) is 25.7.